The summed E-state index contributed by atoms with van der Waals surface area (Å²) in [5.41, 5.74) is 0.658. The first kappa shape index (κ1) is 23.2. The summed E-state index contributed by atoms with van der Waals surface area (Å²) in [6, 6.07) is 19.3. The molecule has 0 amide bonds. The van der Waals surface area contributed by atoms with E-state index in [1.54, 1.807) is 36.4 Å². The monoisotopic (exact) mass is 491 g/mol. The number of nitriles is 1. The Balaban J connectivity index is 1.90. The number of hydrogen-bond acceptors (Lipinski definition) is 6. The van der Waals surface area contributed by atoms with E-state index in [0.717, 1.165) is 18.1 Å². The molecule has 0 bridgehead atoms. The van der Waals surface area contributed by atoms with Gasteiger partial charge in [0.1, 0.15) is 27.9 Å². The van der Waals surface area contributed by atoms with Gasteiger partial charge in [0.15, 0.2) is 0 Å². The minimum absolute atomic E-state index is 0.112. The summed E-state index contributed by atoms with van der Waals surface area (Å²) in [5.74, 6) is 0.303. The van der Waals surface area contributed by atoms with Gasteiger partial charge in [-0.05, 0) is 66.6 Å². The van der Waals surface area contributed by atoms with Crippen LogP contribution in [0.15, 0.2) is 87.5 Å². The van der Waals surface area contributed by atoms with Crippen molar-refractivity contribution in [1.29, 1.82) is 5.26 Å². The molecule has 2 heterocycles. The summed E-state index contributed by atoms with van der Waals surface area (Å²) in [5, 5.41) is 10.0. The second kappa shape index (κ2) is 9.51. The molecule has 0 aliphatic rings. The lowest BCUT2D eigenvalue weighted by molar-refractivity contribution is 0.461. The van der Waals surface area contributed by atoms with E-state index in [-0.39, 0.29) is 16.3 Å². The Kier molecular flexibility index (Phi) is 6.50. The molecule has 2 aromatic heterocycles. The van der Waals surface area contributed by atoms with Crippen molar-refractivity contribution in [1.82, 2.24) is 9.38 Å². The lowest BCUT2D eigenvalue weighted by Crippen LogP contribution is -2.19. The molecule has 0 unspecified atom stereocenters. The molecule has 4 aromatic rings. The number of aryl methyl sites for hydroxylation is 1. The molecule has 0 spiro atoms. The molecule has 0 aliphatic heterocycles. The minimum atomic E-state index is -4.22. The lowest BCUT2D eigenvalue weighted by Gasteiger charge is -2.11. The van der Waals surface area contributed by atoms with Crippen molar-refractivity contribution >= 4 is 33.2 Å². The molecule has 2 aromatic carbocycles. The number of nitrogens with zero attached hydrogens (tertiary/aromatic N) is 3. The van der Waals surface area contributed by atoms with Crippen LogP contribution in [0.1, 0.15) is 18.1 Å². The third-order valence-electron chi connectivity index (χ3n) is 5.08. The maximum Gasteiger partial charge on any atom is 0.269 e. The Labute approximate surface area is 201 Å². The van der Waals surface area contributed by atoms with Crippen molar-refractivity contribution < 1.29 is 13.2 Å². The number of aromatic nitrogens is 2. The predicted octanol–water partition coefficient (Wildman–Crippen LogP) is 5.04. The van der Waals surface area contributed by atoms with Crippen LogP contribution in [0.5, 0.6) is 11.6 Å². The molecular formula is C25H18ClN3O4S. The Morgan fingerprint density at radius 2 is 1.82 bits per heavy atom. The van der Waals surface area contributed by atoms with Gasteiger partial charge in [-0.2, -0.15) is 10.2 Å². The van der Waals surface area contributed by atoms with Gasteiger partial charge in [0.25, 0.3) is 5.56 Å². The van der Waals surface area contributed by atoms with Crippen molar-refractivity contribution in [3.05, 3.63) is 104 Å². The smallest absolute Gasteiger partial charge is 0.269 e. The van der Waals surface area contributed by atoms with Gasteiger partial charge in [0.05, 0.1) is 4.90 Å². The molecule has 0 radical (unpaired) electrons. The van der Waals surface area contributed by atoms with Gasteiger partial charge >= 0.3 is 0 Å². The highest BCUT2D eigenvalue weighted by Crippen LogP contribution is 2.27. The molecular weight excluding hydrogens is 474 g/mol. The predicted molar refractivity (Wildman–Crippen MR) is 130 cm³/mol. The van der Waals surface area contributed by atoms with Gasteiger partial charge in [-0.25, -0.2) is 8.42 Å². The standard InChI is InChI=1S/C25H18ClN3O4S/c1-2-17-6-10-19(11-7-17)33-24-22(25(30)29-14-4-3-5-23(29)28-24)15-21(16-27)34(31,32)20-12-8-18(26)9-13-20/h3-15H,2H2,1H3/b21-15+. The number of hydrogen-bond donors (Lipinski definition) is 0. The van der Waals surface area contributed by atoms with Crippen molar-refractivity contribution in [2.75, 3.05) is 0 Å². The second-order valence-electron chi connectivity index (χ2n) is 7.24. The quantitative estimate of drug-likeness (QED) is 0.350. The van der Waals surface area contributed by atoms with E-state index in [1.807, 2.05) is 19.1 Å². The number of benzene rings is 2. The summed E-state index contributed by atoms with van der Waals surface area (Å²) in [4.78, 5) is 16.9. The fraction of sp³-hybridized carbons (Fsp3) is 0.0800. The Bertz CT molecular complexity index is 1600. The zero-order chi connectivity index (χ0) is 24.3. The maximum atomic E-state index is 13.3. The average molecular weight is 492 g/mol. The van der Waals surface area contributed by atoms with Crippen LogP contribution >= 0.6 is 11.6 Å². The molecule has 9 heteroatoms. The second-order valence-corrected chi connectivity index (χ2v) is 9.60. The zero-order valence-corrected chi connectivity index (χ0v) is 19.5. The number of halogens is 1. The maximum absolute atomic E-state index is 13.3. The van der Waals surface area contributed by atoms with Gasteiger partial charge in [-0.3, -0.25) is 9.20 Å². The van der Waals surface area contributed by atoms with Crippen LogP contribution < -0.4 is 10.3 Å². The number of sulfone groups is 1. The van der Waals surface area contributed by atoms with Crippen LogP contribution in [0.2, 0.25) is 5.02 Å². The van der Waals surface area contributed by atoms with E-state index in [1.165, 1.54) is 34.9 Å². The zero-order valence-electron chi connectivity index (χ0n) is 18.0. The molecule has 4 rings (SSSR count). The van der Waals surface area contributed by atoms with Gasteiger partial charge in [0.2, 0.25) is 15.7 Å². The van der Waals surface area contributed by atoms with Crippen LogP contribution in [0, 0.1) is 11.3 Å². The normalized spacial score (nSPS) is 11.9. The van der Waals surface area contributed by atoms with Gasteiger partial charge in [-0.1, -0.05) is 36.7 Å². The largest absolute Gasteiger partial charge is 0.438 e. The first-order chi connectivity index (χ1) is 16.3. The molecule has 34 heavy (non-hydrogen) atoms. The van der Waals surface area contributed by atoms with E-state index in [9.17, 15) is 18.5 Å². The molecule has 0 aliphatic carbocycles. The summed E-state index contributed by atoms with van der Waals surface area (Å²) < 4.78 is 33.3. The fourth-order valence-electron chi connectivity index (χ4n) is 3.23. The molecule has 170 valence electrons. The Hall–Kier alpha value is -3.93. The van der Waals surface area contributed by atoms with Crippen molar-refractivity contribution in [3.63, 3.8) is 0 Å². The first-order valence-electron chi connectivity index (χ1n) is 10.2. The van der Waals surface area contributed by atoms with E-state index < -0.39 is 20.3 Å². The van der Waals surface area contributed by atoms with Crippen LogP contribution in [-0.4, -0.2) is 17.8 Å². The molecule has 0 saturated heterocycles. The highest BCUT2D eigenvalue weighted by Gasteiger charge is 2.23. The van der Waals surface area contributed by atoms with E-state index in [4.69, 9.17) is 16.3 Å². The molecule has 0 fully saturated rings. The van der Waals surface area contributed by atoms with Gasteiger partial charge < -0.3 is 4.74 Å². The summed E-state index contributed by atoms with van der Waals surface area (Å²) in [6.07, 6.45) is 3.34. The van der Waals surface area contributed by atoms with Crippen LogP contribution in [0.25, 0.3) is 11.7 Å². The van der Waals surface area contributed by atoms with Gasteiger partial charge in [-0.15, -0.1) is 0 Å². The van der Waals surface area contributed by atoms with Crippen molar-refractivity contribution in [3.8, 4) is 17.7 Å². The number of pyridine rings is 1. The molecule has 0 atom stereocenters. The summed E-state index contributed by atoms with van der Waals surface area (Å²) >= 11 is 5.85. The summed E-state index contributed by atoms with van der Waals surface area (Å²) in [6.45, 7) is 2.02. The van der Waals surface area contributed by atoms with Crippen molar-refractivity contribution in [2.24, 2.45) is 0 Å². The highest BCUT2D eigenvalue weighted by atomic mass is 35.5. The average Bonchev–Trinajstić information content (AvgIpc) is 2.84. The topological polar surface area (TPSA) is 102 Å². The van der Waals surface area contributed by atoms with E-state index in [0.29, 0.717) is 16.4 Å². The lowest BCUT2D eigenvalue weighted by atomic mass is 10.2. The van der Waals surface area contributed by atoms with Crippen LogP contribution in [0.3, 0.4) is 0 Å². The third kappa shape index (κ3) is 4.57. The minimum Gasteiger partial charge on any atom is -0.438 e. The number of fused-ring (bicyclic) bond motifs is 1. The molecule has 0 N–H and O–H groups in total. The van der Waals surface area contributed by atoms with E-state index in [2.05, 4.69) is 4.98 Å². The molecule has 0 saturated carbocycles. The Morgan fingerprint density at radius 3 is 2.47 bits per heavy atom. The number of rotatable bonds is 6. The summed E-state index contributed by atoms with van der Waals surface area (Å²) in [7, 11) is -4.22. The first-order valence-corrected chi connectivity index (χ1v) is 12.1. The van der Waals surface area contributed by atoms with Crippen LogP contribution in [0.4, 0.5) is 0 Å². The number of ether oxygens (including phenoxy) is 1. The Morgan fingerprint density at radius 1 is 1.12 bits per heavy atom. The van der Waals surface area contributed by atoms with Crippen LogP contribution in [-0.2, 0) is 16.3 Å². The van der Waals surface area contributed by atoms with E-state index >= 15 is 0 Å². The number of allylic oxidation sites excluding steroid dienone is 1. The molecule has 7 nitrogen and oxygen atoms in total. The van der Waals surface area contributed by atoms with Gasteiger partial charge in [0, 0.05) is 11.2 Å². The highest BCUT2D eigenvalue weighted by molar-refractivity contribution is 7.95. The fourth-order valence-corrected chi connectivity index (χ4v) is 4.50. The SMILES string of the molecule is CCc1ccc(Oc2nc3ccccn3c(=O)c2/C=C(\C#N)S(=O)(=O)c2ccc(Cl)cc2)cc1. The third-order valence-corrected chi connectivity index (χ3v) is 7.01. The van der Waals surface area contributed by atoms with Crippen molar-refractivity contribution in [2.45, 2.75) is 18.2 Å².